The second-order valence-electron chi connectivity index (χ2n) is 2.67. The molecule has 0 aromatic rings. The first-order chi connectivity index (χ1) is 7.28. The van der Waals surface area contributed by atoms with Crippen LogP contribution in [0.1, 0.15) is 13.8 Å². The molecule has 1 N–H and O–H groups in total. The molecule has 0 saturated heterocycles. The van der Waals surface area contributed by atoms with Gasteiger partial charge in [-0.2, -0.15) is 18.3 Å². The predicted molar refractivity (Wildman–Crippen MR) is 47.7 cm³/mol. The fourth-order valence-corrected chi connectivity index (χ4v) is 0.647. The van der Waals surface area contributed by atoms with Gasteiger partial charge in [0.2, 0.25) is 5.70 Å². The Morgan fingerprint density at radius 3 is 2.38 bits per heavy atom. The van der Waals surface area contributed by atoms with Crippen LogP contribution in [0.3, 0.4) is 0 Å². The van der Waals surface area contributed by atoms with Gasteiger partial charge in [0.1, 0.15) is 5.76 Å². The standard InChI is InChI=1S/C8H11F3N2O3/c1-3-16-7(15)6(5(2)14)13-12-4-8(9,10)11/h14H,3-4H2,1-2H3/b6-5+,13-12?. The van der Waals surface area contributed by atoms with Gasteiger partial charge < -0.3 is 9.84 Å². The Morgan fingerprint density at radius 1 is 1.44 bits per heavy atom. The van der Waals surface area contributed by atoms with Crippen molar-refractivity contribution in [2.24, 2.45) is 10.2 Å². The van der Waals surface area contributed by atoms with Gasteiger partial charge >= 0.3 is 12.1 Å². The maximum absolute atomic E-state index is 11.7. The van der Waals surface area contributed by atoms with Gasteiger partial charge in [0.25, 0.3) is 0 Å². The minimum absolute atomic E-state index is 0.0183. The first kappa shape index (κ1) is 14.4. The van der Waals surface area contributed by atoms with Crippen molar-refractivity contribution in [3.8, 4) is 0 Å². The number of alkyl halides is 3. The summed E-state index contributed by atoms with van der Waals surface area (Å²) in [7, 11) is 0. The highest BCUT2D eigenvalue weighted by atomic mass is 19.4. The smallest absolute Gasteiger partial charge is 0.409 e. The number of allylic oxidation sites excluding steroid dienone is 1. The fourth-order valence-electron chi connectivity index (χ4n) is 0.647. The first-order valence-electron chi connectivity index (χ1n) is 4.29. The summed E-state index contributed by atoms with van der Waals surface area (Å²) in [5, 5.41) is 14.7. The second kappa shape index (κ2) is 6.09. The molecule has 8 heteroatoms. The molecule has 0 aliphatic heterocycles. The Kier molecular flexibility index (Phi) is 5.48. The highest BCUT2D eigenvalue weighted by Gasteiger charge is 2.27. The maximum atomic E-state index is 11.7. The lowest BCUT2D eigenvalue weighted by molar-refractivity contribution is -0.139. The molecule has 0 saturated carbocycles. The molecule has 0 aliphatic carbocycles. The number of aliphatic hydroxyl groups excluding tert-OH is 1. The molecular formula is C8H11F3N2O3. The van der Waals surface area contributed by atoms with Crippen LogP contribution in [-0.4, -0.2) is 30.4 Å². The van der Waals surface area contributed by atoms with E-state index in [-0.39, 0.29) is 6.61 Å². The third-order valence-corrected chi connectivity index (χ3v) is 1.23. The predicted octanol–water partition coefficient (Wildman–Crippen LogP) is 2.35. The molecule has 0 aliphatic rings. The second-order valence-corrected chi connectivity index (χ2v) is 2.67. The Morgan fingerprint density at radius 2 is 2.00 bits per heavy atom. The average Bonchev–Trinajstić information content (AvgIpc) is 2.10. The van der Waals surface area contributed by atoms with E-state index >= 15 is 0 Å². The number of ether oxygens (including phenoxy) is 1. The number of azo groups is 1. The molecule has 0 unspecified atom stereocenters. The van der Waals surface area contributed by atoms with Gasteiger partial charge in [-0.15, -0.1) is 5.11 Å². The Labute approximate surface area is 89.6 Å². The number of carbonyl (C=O) groups excluding carboxylic acids is 1. The summed E-state index contributed by atoms with van der Waals surface area (Å²) in [6.07, 6.45) is -4.51. The third-order valence-electron chi connectivity index (χ3n) is 1.23. The Hall–Kier alpha value is -1.60. The largest absolute Gasteiger partial charge is 0.510 e. The van der Waals surface area contributed by atoms with Gasteiger partial charge in [-0.1, -0.05) is 0 Å². The van der Waals surface area contributed by atoms with Crippen molar-refractivity contribution in [2.45, 2.75) is 20.0 Å². The van der Waals surface area contributed by atoms with Gasteiger partial charge in [0.05, 0.1) is 6.61 Å². The maximum Gasteiger partial charge on any atom is 0.409 e. The van der Waals surface area contributed by atoms with E-state index < -0.39 is 30.1 Å². The third kappa shape index (κ3) is 5.99. The van der Waals surface area contributed by atoms with E-state index in [2.05, 4.69) is 15.0 Å². The summed E-state index contributed by atoms with van der Waals surface area (Å²) in [6, 6.07) is 0. The monoisotopic (exact) mass is 240 g/mol. The van der Waals surface area contributed by atoms with Gasteiger partial charge in [0, 0.05) is 0 Å². The van der Waals surface area contributed by atoms with Gasteiger partial charge in [-0.25, -0.2) is 4.79 Å². The van der Waals surface area contributed by atoms with Crippen LogP contribution in [0.25, 0.3) is 0 Å². The summed E-state index contributed by atoms with van der Waals surface area (Å²) in [5.74, 6) is -1.57. The van der Waals surface area contributed by atoms with Crippen LogP contribution in [0.4, 0.5) is 13.2 Å². The molecule has 16 heavy (non-hydrogen) atoms. The molecule has 0 atom stereocenters. The zero-order chi connectivity index (χ0) is 12.8. The van der Waals surface area contributed by atoms with Gasteiger partial charge in [-0.3, -0.25) is 0 Å². The van der Waals surface area contributed by atoms with Crippen LogP contribution >= 0.6 is 0 Å². The van der Waals surface area contributed by atoms with Crippen LogP contribution in [0, 0.1) is 0 Å². The normalized spacial score (nSPS) is 13.8. The number of halogens is 3. The van der Waals surface area contributed by atoms with Crippen molar-refractivity contribution >= 4 is 5.97 Å². The van der Waals surface area contributed by atoms with Crippen molar-refractivity contribution in [1.82, 2.24) is 0 Å². The summed E-state index contributed by atoms with van der Waals surface area (Å²) in [4.78, 5) is 11.1. The fraction of sp³-hybridized carbons (Fsp3) is 0.625. The topological polar surface area (TPSA) is 71.2 Å². The van der Waals surface area contributed by atoms with E-state index in [0.717, 1.165) is 6.92 Å². The molecule has 0 rings (SSSR count). The summed E-state index contributed by atoms with van der Waals surface area (Å²) in [5.41, 5.74) is -0.633. The zero-order valence-corrected chi connectivity index (χ0v) is 8.71. The number of carbonyl (C=O) groups is 1. The van der Waals surface area contributed by atoms with E-state index in [1.54, 1.807) is 0 Å². The number of esters is 1. The van der Waals surface area contributed by atoms with Crippen molar-refractivity contribution in [3.63, 3.8) is 0 Å². The van der Waals surface area contributed by atoms with Crippen LogP contribution in [0.15, 0.2) is 21.7 Å². The zero-order valence-electron chi connectivity index (χ0n) is 8.71. The first-order valence-corrected chi connectivity index (χ1v) is 4.29. The van der Waals surface area contributed by atoms with E-state index in [0.29, 0.717) is 0 Å². The van der Waals surface area contributed by atoms with E-state index in [1.807, 2.05) is 0 Å². The number of aliphatic hydroxyl groups is 1. The Balaban J connectivity index is 4.61. The molecule has 0 spiro atoms. The van der Waals surface area contributed by atoms with Crippen molar-refractivity contribution in [3.05, 3.63) is 11.5 Å². The lowest BCUT2D eigenvalue weighted by Crippen LogP contribution is -2.12. The van der Waals surface area contributed by atoms with Crippen LogP contribution in [0.2, 0.25) is 0 Å². The van der Waals surface area contributed by atoms with Crippen molar-refractivity contribution in [2.75, 3.05) is 13.2 Å². The van der Waals surface area contributed by atoms with Crippen LogP contribution < -0.4 is 0 Å². The van der Waals surface area contributed by atoms with Crippen molar-refractivity contribution < 1.29 is 27.8 Å². The van der Waals surface area contributed by atoms with Gasteiger partial charge in [-0.05, 0) is 13.8 Å². The molecule has 0 heterocycles. The molecular weight excluding hydrogens is 229 g/mol. The molecule has 0 aromatic heterocycles. The average molecular weight is 240 g/mol. The number of hydrogen-bond donors (Lipinski definition) is 1. The number of rotatable bonds is 4. The van der Waals surface area contributed by atoms with Crippen molar-refractivity contribution in [1.29, 1.82) is 0 Å². The molecule has 0 radical (unpaired) electrons. The lowest BCUT2D eigenvalue weighted by Gasteiger charge is -2.03. The highest BCUT2D eigenvalue weighted by Crippen LogP contribution is 2.15. The van der Waals surface area contributed by atoms with Crippen LogP contribution in [-0.2, 0) is 9.53 Å². The van der Waals surface area contributed by atoms with Crippen LogP contribution in [0.5, 0.6) is 0 Å². The number of nitrogens with zero attached hydrogens (tertiary/aromatic N) is 2. The molecule has 0 fully saturated rings. The lowest BCUT2D eigenvalue weighted by atomic mass is 10.4. The highest BCUT2D eigenvalue weighted by molar-refractivity contribution is 5.88. The number of hydrogen-bond acceptors (Lipinski definition) is 5. The minimum atomic E-state index is -4.51. The minimum Gasteiger partial charge on any atom is -0.510 e. The SMILES string of the molecule is CCOC(=O)/C(N=NCC(F)(F)F)=C(/C)O. The molecule has 0 amide bonds. The quantitative estimate of drug-likeness (QED) is 0.355. The summed E-state index contributed by atoms with van der Waals surface area (Å²) in [6.45, 7) is 1.10. The van der Waals surface area contributed by atoms with E-state index in [9.17, 15) is 18.0 Å². The van der Waals surface area contributed by atoms with E-state index in [1.165, 1.54) is 6.92 Å². The molecule has 0 bridgehead atoms. The molecule has 5 nitrogen and oxygen atoms in total. The summed E-state index contributed by atoms with van der Waals surface area (Å²) >= 11 is 0. The molecule has 92 valence electrons. The van der Waals surface area contributed by atoms with Gasteiger partial charge in [0.15, 0.2) is 6.54 Å². The Bertz CT molecular complexity index is 306. The molecule has 0 aromatic carbocycles. The summed E-state index contributed by atoms with van der Waals surface area (Å²) < 4.78 is 39.6. The van der Waals surface area contributed by atoms with E-state index in [4.69, 9.17) is 5.11 Å².